The fourth-order valence-electron chi connectivity index (χ4n) is 1.66. The van der Waals surface area contributed by atoms with Crippen molar-refractivity contribution in [3.8, 4) is 0 Å². The van der Waals surface area contributed by atoms with Gasteiger partial charge in [0.2, 0.25) is 0 Å². The molecule has 0 aliphatic heterocycles. The quantitative estimate of drug-likeness (QED) is 0.433. The first kappa shape index (κ1) is 15.1. The molecule has 0 amide bonds. The molecule has 0 N–H and O–H groups in total. The summed E-state index contributed by atoms with van der Waals surface area (Å²) in [5.74, 6) is 1.56. The fourth-order valence-corrected chi connectivity index (χ4v) is 4.51. The first-order valence-electron chi connectivity index (χ1n) is 6.36. The van der Waals surface area contributed by atoms with Gasteiger partial charge in [-0.15, -0.1) is 0 Å². The molecule has 0 aliphatic carbocycles. The molecule has 0 aromatic rings. The number of hydrogen-bond donors (Lipinski definition) is 0. The van der Waals surface area contributed by atoms with E-state index in [4.69, 9.17) is 3.79 Å². The van der Waals surface area contributed by atoms with E-state index in [9.17, 15) is 0 Å². The van der Waals surface area contributed by atoms with Crippen molar-refractivity contribution in [1.82, 2.24) is 0 Å². The number of unbranched alkanes of at least 4 members (excludes halogenated alkanes) is 1. The maximum absolute atomic E-state index is 5.92. The minimum Gasteiger partial charge on any atom is -0.648 e. The van der Waals surface area contributed by atoms with Crippen molar-refractivity contribution in [1.29, 1.82) is 0 Å². The molecule has 2 heteroatoms. The molecule has 0 aliphatic rings. The van der Waals surface area contributed by atoms with E-state index in [-0.39, 0.29) is 0 Å². The lowest BCUT2D eigenvalue weighted by molar-refractivity contribution is 0.461. The molecule has 1 nitrogen and oxygen atoms in total. The fraction of sp³-hybridized carbons (Fsp3) is 0.846. The van der Waals surface area contributed by atoms with Crippen LogP contribution in [0.15, 0.2) is 12.3 Å². The van der Waals surface area contributed by atoms with Crippen LogP contribution in [0.25, 0.3) is 0 Å². The van der Waals surface area contributed by atoms with Crippen LogP contribution in [0.5, 0.6) is 0 Å². The van der Waals surface area contributed by atoms with Gasteiger partial charge in [0, 0.05) is 6.26 Å². The zero-order chi connectivity index (χ0) is 11.7. The molecule has 0 atom stereocenters. The van der Waals surface area contributed by atoms with Gasteiger partial charge in [-0.25, -0.2) is 0 Å². The van der Waals surface area contributed by atoms with Crippen LogP contribution in [0.4, 0.5) is 0 Å². The standard InChI is InChI=1S/C5H10O.2C4H9.Al/c1-2-3-4-5-6;2*1-4(2)3;/h4-6H,2-3H2,1H3;2*4H,1H2,2-3H3;/q;;;+1/p-1. The highest BCUT2D eigenvalue weighted by Gasteiger charge is 2.24. The molecule has 0 radical (unpaired) electrons. The van der Waals surface area contributed by atoms with E-state index < -0.39 is 14.5 Å². The summed E-state index contributed by atoms with van der Waals surface area (Å²) in [4.78, 5) is 0. The van der Waals surface area contributed by atoms with Crippen molar-refractivity contribution >= 4 is 14.5 Å². The van der Waals surface area contributed by atoms with Crippen LogP contribution in [0.3, 0.4) is 0 Å². The second-order valence-electron chi connectivity index (χ2n) is 5.18. The van der Waals surface area contributed by atoms with Gasteiger partial charge in [0.1, 0.15) is 0 Å². The molecule has 0 fully saturated rings. The second-order valence-corrected chi connectivity index (χ2v) is 7.64. The van der Waals surface area contributed by atoms with E-state index in [1.54, 1.807) is 0 Å². The topological polar surface area (TPSA) is 9.23 Å². The van der Waals surface area contributed by atoms with Crippen molar-refractivity contribution in [2.45, 2.75) is 58.0 Å². The third kappa shape index (κ3) is 10.4. The van der Waals surface area contributed by atoms with Gasteiger partial charge < -0.3 is 3.79 Å². The number of allylic oxidation sites excluding steroid dienone is 1. The van der Waals surface area contributed by atoms with Crippen LogP contribution < -0.4 is 0 Å². The van der Waals surface area contributed by atoms with Crippen molar-refractivity contribution in [3.63, 3.8) is 0 Å². The predicted molar refractivity (Wildman–Crippen MR) is 70.2 cm³/mol. The minimum atomic E-state index is -0.979. The van der Waals surface area contributed by atoms with Crippen molar-refractivity contribution < 1.29 is 3.79 Å². The molecule has 0 heterocycles. The molecule has 0 unspecified atom stereocenters. The van der Waals surface area contributed by atoms with Gasteiger partial charge in [-0.05, 0) is 6.42 Å². The first-order chi connectivity index (χ1) is 7.06. The molecule has 0 spiro atoms. The Labute approximate surface area is 101 Å². The van der Waals surface area contributed by atoms with Gasteiger partial charge in [0.15, 0.2) is 0 Å². The van der Waals surface area contributed by atoms with Crippen LogP contribution in [-0.4, -0.2) is 14.5 Å². The van der Waals surface area contributed by atoms with E-state index in [0.29, 0.717) is 0 Å². The highest BCUT2D eigenvalue weighted by atomic mass is 27.2. The van der Waals surface area contributed by atoms with Crippen molar-refractivity contribution in [3.05, 3.63) is 12.3 Å². The van der Waals surface area contributed by atoms with Crippen LogP contribution >= 0.6 is 0 Å². The van der Waals surface area contributed by atoms with Crippen molar-refractivity contribution in [2.75, 3.05) is 0 Å². The first-order valence-corrected chi connectivity index (χ1v) is 8.47. The lowest BCUT2D eigenvalue weighted by Crippen LogP contribution is -2.19. The van der Waals surface area contributed by atoms with Gasteiger partial charge in [0.05, 0.1) is 0 Å². The van der Waals surface area contributed by atoms with Gasteiger partial charge >= 0.3 is 14.5 Å². The summed E-state index contributed by atoms with van der Waals surface area (Å²) in [5, 5.41) is 2.60. The summed E-state index contributed by atoms with van der Waals surface area (Å²) in [6, 6.07) is 0. The Morgan fingerprint density at radius 2 is 1.60 bits per heavy atom. The third-order valence-electron chi connectivity index (χ3n) is 2.29. The zero-order valence-electron chi connectivity index (χ0n) is 11.1. The average Bonchev–Trinajstić information content (AvgIpc) is 2.10. The molecule has 0 saturated heterocycles. The summed E-state index contributed by atoms with van der Waals surface area (Å²) < 4.78 is 5.92. The molecule has 0 rings (SSSR count). The van der Waals surface area contributed by atoms with Gasteiger partial charge in [0.25, 0.3) is 0 Å². The number of hydrogen-bond acceptors (Lipinski definition) is 1. The number of rotatable bonds is 8. The molecule has 88 valence electrons. The molecule has 15 heavy (non-hydrogen) atoms. The van der Waals surface area contributed by atoms with Crippen LogP contribution in [0, 0.1) is 11.8 Å². The van der Waals surface area contributed by atoms with Gasteiger partial charge in [-0.1, -0.05) is 69.5 Å². The SMILES string of the molecule is CCCC=C[O][Al]([CH2]C(C)C)[CH2]C(C)C. The van der Waals surface area contributed by atoms with Crippen LogP contribution in [0.1, 0.15) is 47.5 Å². The maximum Gasteiger partial charge on any atom is 0.546 e. The lowest BCUT2D eigenvalue weighted by atomic mass is 10.3. The summed E-state index contributed by atoms with van der Waals surface area (Å²) >= 11 is -0.979. The average molecular weight is 226 g/mol. The van der Waals surface area contributed by atoms with E-state index >= 15 is 0 Å². The largest absolute Gasteiger partial charge is 0.648 e. The van der Waals surface area contributed by atoms with E-state index in [0.717, 1.165) is 18.3 Å². The smallest absolute Gasteiger partial charge is 0.546 e. The Hall–Kier alpha value is 0.0725. The third-order valence-corrected chi connectivity index (χ3v) is 5.77. The van der Waals surface area contributed by atoms with Crippen LogP contribution in [-0.2, 0) is 3.79 Å². The van der Waals surface area contributed by atoms with E-state index in [1.807, 2.05) is 6.26 Å². The van der Waals surface area contributed by atoms with E-state index in [2.05, 4.69) is 40.7 Å². The predicted octanol–water partition coefficient (Wildman–Crippen LogP) is 4.62. The summed E-state index contributed by atoms with van der Waals surface area (Å²) in [5.41, 5.74) is 0. The molecular weight excluding hydrogens is 199 g/mol. The van der Waals surface area contributed by atoms with Crippen molar-refractivity contribution in [2.24, 2.45) is 11.8 Å². The van der Waals surface area contributed by atoms with Crippen LogP contribution in [0.2, 0.25) is 10.6 Å². The maximum atomic E-state index is 5.92. The molecular formula is C13H27AlO. The summed E-state index contributed by atoms with van der Waals surface area (Å²) in [7, 11) is 0. The molecule has 0 aromatic heterocycles. The molecule has 0 bridgehead atoms. The van der Waals surface area contributed by atoms with E-state index in [1.165, 1.54) is 17.0 Å². The zero-order valence-corrected chi connectivity index (χ0v) is 12.3. The Morgan fingerprint density at radius 1 is 1.07 bits per heavy atom. The second kappa shape index (κ2) is 9.31. The molecule has 0 aromatic carbocycles. The highest BCUT2D eigenvalue weighted by molar-refractivity contribution is 6.52. The van der Waals surface area contributed by atoms with Gasteiger partial charge in [-0.2, -0.15) is 0 Å². The Balaban J connectivity index is 3.89. The monoisotopic (exact) mass is 226 g/mol. The summed E-state index contributed by atoms with van der Waals surface area (Å²) in [6.07, 6.45) is 6.48. The summed E-state index contributed by atoms with van der Waals surface area (Å²) in [6.45, 7) is 11.4. The highest BCUT2D eigenvalue weighted by Crippen LogP contribution is 2.15. The van der Waals surface area contributed by atoms with Gasteiger partial charge in [-0.3, -0.25) is 0 Å². The Kier molecular flexibility index (Phi) is 9.35. The Bertz CT molecular complexity index is 154. The minimum absolute atomic E-state index is 0.778. The normalized spacial score (nSPS) is 11.7. The lowest BCUT2D eigenvalue weighted by Gasteiger charge is -2.15. The molecule has 0 saturated carbocycles. The Morgan fingerprint density at radius 3 is 2.00 bits per heavy atom.